The van der Waals surface area contributed by atoms with Gasteiger partial charge in [-0.1, -0.05) is 37.1 Å². The fourth-order valence-electron chi connectivity index (χ4n) is 6.92. The molecular formula is C47H58O13. The number of hydrogen-bond acceptors (Lipinski definition) is 13. The Morgan fingerprint density at radius 2 is 1.30 bits per heavy atom. The second-order valence-corrected chi connectivity index (χ2v) is 15.8. The van der Waals surface area contributed by atoms with Crippen molar-refractivity contribution in [2.24, 2.45) is 5.41 Å². The fourth-order valence-corrected chi connectivity index (χ4v) is 6.92. The monoisotopic (exact) mass is 830 g/mol. The van der Waals surface area contributed by atoms with Gasteiger partial charge in [0.1, 0.15) is 45.5 Å². The minimum absolute atomic E-state index is 0.000625. The van der Waals surface area contributed by atoms with Crippen LogP contribution in [0.3, 0.4) is 0 Å². The highest BCUT2D eigenvalue weighted by Gasteiger charge is 2.50. The van der Waals surface area contributed by atoms with E-state index in [0.29, 0.717) is 12.8 Å². The first-order chi connectivity index (χ1) is 28.0. The summed E-state index contributed by atoms with van der Waals surface area (Å²) in [5.41, 5.74) is -1.11. The number of carbonyl (C=O) groups excluding carboxylic acids is 7. The number of fused-ring (bicyclic) bond motifs is 1. The average Bonchev–Trinajstić information content (AvgIpc) is 3.10. The van der Waals surface area contributed by atoms with Gasteiger partial charge in [0.25, 0.3) is 0 Å². The number of allylic oxidation sites excluding steroid dienone is 7. The normalized spacial score (nSPS) is 17.3. The topological polar surface area (TPSA) is 175 Å². The number of ether oxygens (including phenoxy) is 6. The molecule has 60 heavy (non-hydrogen) atoms. The molecule has 3 rings (SSSR count). The molecule has 0 radical (unpaired) electrons. The van der Waals surface area contributed by atoms with E-state index in [1.54, 1.807) is 46.8 Å². The number of benzene rings is 1. The van der Waals surface area contributed by atoms with Crippen molar-refractivity contribution in [1.82, 2.24) is 0 Å². The Morgan fingerprint density at radius 1 is 0.717 bits per heavy atom. The molecule has 1 aliphatic carbocycles. The smallest absolute Gasteiger partial charge is 0.308 e. The summed E-state index contributed by atoms with van der Waals surface area (Å²) in [5, 5.41) is 0. The van der Waals surface area contributed by atoms with E-state index in [9.17, 15) is 28.8 Å². The zero-order chi connectivity index (χ0) is 45.3. The van der Waals surface area contributed by atoms with Gasteiger partial charge in [-0.25, -0.2) is 0 Å². The van der Waals surface area contributed by atoms with Crippen LogP contribution in [-0.4, -0.2) is 47.0 Å². The van der Waals surface area contributed by atoms with Crippen LogP contribution in [0, 0.1) is 5.41 Å². The lowest BCUT2D eigenvalue weighted by Crippen LogP contribution is -2.37. The maximum atomic E-state index is 15.3. The fraction of sp³-hybridized carbons (Fsp3) is 0.468. The summed E-state index contributed by atoms with van der Waals surface area (Å²) in [7, 11) is 0. The number of Topliss-reactive ketones (excluding diaryl/α,β-unsaturated/α-hetero) is 2. The van der Waals surface area contributed by atoms with E-state index in [1.807, 2.05) is 26.8 Å². The summed E-state index contributed by atoms with van der Waals surface area (Å²) in [6, 6.07) is 0. The maximum Gasteiger partial charge on any atom is 0.308 e. The number of ketones is 2. The van der Waals surface area contributed by atoms with Gasteiger partial charge in [-0.2, -0.15) is 0 Å². The lowest BCUT2D eigenvalue weighted by Gasteiger charge is -2.38. The zero-order valence-corrected chi connectivity index (χ0v) is 37.1. The van der Waals surface area contributed by atoms with Crippen LogP contribution in [0.25, 0.3) is 6.08 Å². The second-order valence-electron chi connectivity index (χ2n) is 15.8. The van der Waals surface area contributed by atoms with E-state index in [4.69, 9.17) is 28.4 Å². The lowest BCUT2D eigenvalue weighted by molar-refractivity contribution is -0.141. The van der Waals surface area contributed by atoms with Gasteiger partial charge in [0.05, 0.1) is 11.0 Å². The van der Waals surface area contributed by atoms with Crippen molar-refractivity contribution in [3.8, 4) is 17.2 Å². The summed E-state index contributed by atoms with van der Waals surface area (Å²) in [5.74, 6) is -6.61. The van der Waals surface area contributed by atoms with Crippen LogP contribution in [0.15, 0.2) is 63.9 Å². The van der Waals surface area contributed by atoms with Gasteiger partial charge >= 0.3 is 29.8 Å². The number of rotatable bonds is 17. The van der Waals surface area contributed by atoms with Gasteiger partial charge in [-0.3, -0.25) is 33.6 Å². The third-order valence-corrected chi connectivity index (χ3v) is 9.44. The van der Waals surface area contributed by atoms with E-state index in [1.165, 1.54) is 6.08 Å². The predicted molar refractivity (Wildman–Crippen MR) is 224 cm³/mol. The van der Waals surface area contributed by atoms with Crippen LogP contribution in [-0.2, 0) is 49.4 Å². The molecule has 1 aromatic carbocycles. The van der Waals surface area contributed by atoms with Crippen molar-refractivity contribution in [2.45, 2.75) is 141 Å². The first-order valence-corrected chi connectivity index (χ1v) is 20.1. The average molecular weight is 831 g/mol. The van der Waals surface area contributed by atoms with Crippen molar-refractivity contribution in [1.29, 1.82) is 0 Å². The van der Waals surface area contributed by atoms with Crippen LogP contribution in [0.5, 0.6) is 17.2 Å². The molecule has 0 N–H and O–H groups in total. The summed E-state index contributed by atoms with van der Waals surface area (Å²) < 4.78 is 35.6. The first kappa shape index (κ1) is 48.5. The van der Waals surface area contributed by atoms with Crippen LogP contribution in [0.1, 0.15) is 150 Å². The van der Waals surface area contributed by atoms with Crippen LogP contribution in [0.2, 0.25) is 0 Å². The maximum absolute atomic E-state index is 15.3. The van der Waals surface area contributed by atoms with Crippen molar-refractivity contribution in [2.75, 3.05) is 0 Å². The molecule has 1 heterocycles. The summed E-state index contributed by atoms with van der Waals surface area (Å²) >= 11 is 0. The van der Waals surface area contributed by atoms with E-state index in [-0.39, 0.29) is 81.6 Å². The van der Waals surface area contributed by atoms with Crippen LogP contribution in [0.4, 0.5) is 0 Å². The second kappa shape index (κ2) is 20.4. The van der Waals surface area contributed by atoms with Gasteiger partial charge < -0.3 is 28.4 Å². The Balaban J connectivity index is 2.69. The molecule has 0 aromatic heterocycles. The standard InChI is InChI=1S/C47H58O13/c1-14-17-36(53)38-42(57-30(8)50)35(41(56-29(7)49)33-22-23-46(11,12)60-43(33)38)25-34-40(54)39(37(18-15-2)55-28(6)48)45(59-32(10)52)47(13,44(34)58-31(9)51)24-21-27(5)20-16-19-26(3)4/h18-19,21-23H,14-17,20,24-25H2,1-13H3/b27-21+,37-18-/t47-/m1/s1. The van der Waals surface area contributed by atoms with Crippen molar-refractivity contribution in [3.63, 3.8) is 0 Å². The Kier molecular flexibility index (Phi) is 16.5. The SMILES string of the molecule is CC/C=C(\OC(C)=O)C1=C(OC(C)=O)[C@](C)(C/C=C(\C)CCC=C(C)C)C(OC(C)=O)=C(Cc2c(OC(C)=O)c3c(c(C(=O)CCC)c2OC(C)=O)OC(C)(C)C=C3)C1=O. The van der Waals surface area contributed by atoms with Crippen molar-refractivity contribution < 1.29 is 62.0 Å². The molecule has 13 heteroatoms. The van der Waals surface area contributed by atoms with Crippen molar-refractivity contribution >= 4 is 47.5 Å². The summed E-state index contributed by atoms with van der Waals surface area (Å²) in [6.07, 6.45) is 10.2. The number of esters is 5. The molecule has 0 bridgehead atoms. The first-order valence-electron chi connectivity index (χ1n) is 20.1. The third kappa shape index (κ3) is 11.9. The van der Waals surface area contributed by atoms with Crippen LogP contribution >= 0.6 is 0 Å². The molecule has 0 fully saturated rings. The molecule has 324 valence electrons. The minimum Gasteiger partial charge on any atom is -0.482 e. The summed E-state index contributed by atoms with van der Waals surface area (Å²) in [4.78, 5) is 94.0. The van der Waals surface area contributed by atoms with Crippen molar-refractivity contribution in [3.05, 3.63) is 80.6 Å². The van der Waals surface area contributed by atoms with Gasteiger partial charge in [0.2, 0.25) is 0 Å². The quantitative estimate of drug-likeness (QED) is 0.0363. The molecule has 0 amide bonds. The molecule has 1 aromatic rings. The Hall–Kier alpha value is -5.85. The molecule has 0 unspecified atom stereocenters. The summed E-state index contributed by atoms with van der Waals surface area (Å²) in [6.45, 7) is 20.3. The number of carbonyl (C=O) groups is 7. The minimum atomic E-state index is -1.63. The Morgan fingerprint density at radius 3 is 1.83 bits per heavy atom. The van der Waals surface area contributed by atoms with Crippen LogP contribution < -0.4 is 14.2 Å². The molecular weight excluding hydrogens is 773 g/mol. The van der Waals surface area contributed by atoms with E-state index < -0.39 is 58.8 Å². The molecule has 0 saturated heterocycles. The number of hydrogen-bond donors (Lipinski definition) is 0. The van der Waals surface area contributed by atoms with E-state index in [0.717, 1.165) is 52.2 Å². The highest BCUT2D eigenvalue weighted by molar-refractivity contribution is 6.14. The molecule has 0 spiro atoms. The highest BCUT2D eigenvalue weighted by atomic mass is 16.6. The van der Waals surface area contributed by atoms with Gasteiger partial charge in [0.15, 0.2) is 17.3 Å². The largest absolute Gasteiger partial charge is 0.482 e. The molecule has 0 saturated carbocycles. The zero-order valence-electron chi connectivity index (χ0n) is 37.1. The highest BCUT2D eigenvalue weighted by Crippen LogP contribution is 2.53. The molecule has 1 atom stereocenters. The van der Waals surface area contributed by atoms with E-state index >= 15 is 4.79 Å². The third-order valence-electron chi connectivity index (χ3n) is 9.44. The lowest BCUT2D eigenvalue weighted by atomic mass is 9.71. The van der Waals surface area contributed by atoms with Gasteiger partial charge in [-0.15, -0.1) is 0 Å². The molecule has 1 aliphatic heterocycles. The molecule has 13 nitrogen and oxygen atoms in total. The van der Waals surface area contributed by atoms with Gasteiger partial charge in [-0.05, 0) is 91.9 Å². The predicted octanol–water partition coefficient (Wildman–Crippen LogP) is 9.41. The van der Waals surface area contributed by atoms with E-state index in [2.05, 4.69) is 6.08 Å². The Bertz CT molecular complexity index is 2150. The van der Waals surface area contributed by atoms with Gasteiger partial charge in [0, 0.05) is 58.6 Å². The Labute approximate surface area is 352 Å². The molecule has 2 aliphatic rings.